The fraction of sp³-hybridized carbons (Fsp3) is 1.00. The maximum atomic E-state index is 12.3. The Morgan fingerprint density at radius 2 is 1.32 bits per heavy atom. The Morgan fingerprint density at radius 3 is 1.73 bits per heavy atom. The summed E-state index contributed by atoms with van der Waals surface area (Å²) < 4.78 is 28.5. The van der Waals surface area contributed by atoms with E-state index in [4.69, 9.17) is 20.0 Å². The SMILES string of the molecule is CCO[P@@](=O)(CCCCCCCCCCCN)CP(=O)(O)O. The van der Waals surface area contributed by atoms with E-state index in [9.17, 15) is 9.13 Å². The molecule has 0 bridgehead atoms. The average Bonchev–Trinajstić information content (AvgIpc) is 2.39. The summed E-state index contributed by atoms with van der Waals surface area (Å²) in [6.45, 7) is 2.69. The van der Waals surface area contributed by atoms with Crippen molar-refractivity contribution >= 4 is 15.0 Å². The van der Waals surface area contributed by atoms with E-state index >= 15 is 0 Å². The Bertz CT molecular complexity index is 359. The molecule has 0 saturated carbocycles. The van der Waals surface area contributed by atoms with Crippen molar-refractivity contribution in [2.24, 2.45) is 5.73 Å². The van der Waals surface area contributed by atoms with Crippen LogP contribution in [0.5, 0.6) is 0 Å². The van der Waals surface area contributed by atoms with Crippen LogP contribution in [-0.2, 0) is 13.7 Å². The van der Waals surface area contributed by atoms with Crippen LogP contribution in [0.3, 0.4) is 0 Å². The van der Waals surface area contributed by atoms with Crippen molar-refractivity contribution in [3.05, 3.63) is 0 Å². The number of nitrogens with two attached hydrogens (primary N) is 1. The summed E-state index contributed by atoms with van der Waals surface area (Å²) in [5.74, 6) is -0.630. The molecule has 0 heterocycles. The molecule has 0 amide bonds. The smallest absolute Gasteiger partial charge is 0.330 e. The Kier molecular flexibility index (Phi) is 12.9. The number of hydrogen-bond acceptors (Lipinski definition) is 4. The zero-order valence-electron chi connectivity index (χ0n) is 13.8. The van der Waals surface area contributed by atoms with Gasteiger partial charge in [0, 0.05) is 6.16 Å². The molecule has 0 spiro atoms. The van der Waals surface area contributed by atoms with Gasteiger partial charge in [0.2, 0.25) is 7.37 Å². The molecular weight excluding hydrogens is 324 g/mol. The minimum atomic E-state index is -4.29. The molecule has 0 aromatic carbocycles. The van der Waals surface area contributed by atoms with Gasteiger partial charge in [-0.2, -0.15) is 0 Å². The minimum absolute atomic E-state index is 0.222. The largest absolute Gasteiger partial charge is 0.335 e. The summed E-state index contributed by atoms with van der Waals surface area (Å²) in [5, 5.41) is 0. The van der Waals surface area contributed by atoms with Gasteiger partial charge in [-0.25, -0.2) is 0 Å². The zero-order valence-corrected chi connectivity index (χ0v) is 15.6. The molecule has 0 aromatic rings. The highest BCUT2D eigenvalue weighted by Gasteiger charge is 2.31. The molecule has 8 heteroatoms. The van der Waals surface area contributed by atoms with Crippen LogP contribution in [-0.4, -0.2) is 35.0 Å². The second-order valence-corrected chi connectivity index (χ2v) is 10.5. The average molecular weight is 357 g/mol. The topological polar surface area (TPSA) is 110 Å². The monoisotopic (exact) mass is 357 g/mol. The first-order valence-corrected chi connectivity index (χ1v) is 12.1. The summed E-state index contributed by atoms with van der Waals surface area (Å²) in [5.41, 5.74) is 5.44. The molecule has 134 valence electrons. The molecule has 4 N–H and O–H groups in total. The van der Waals surface area contributed by atoms with E-state index in [0.29, 0.717) is 6.42 Å². The maximum absolute atomic E-state index is 12.3. The lowest BCUT2D eigenvalue weighted by atomic mass is 10.1. The predicted octanol–water partition coefficient (Wildman–Crippen LogP) is 3.91. The van der Waals surface area contributed by atoms with Gasteiger partial charge in [-0.15, -0.1) is 0 Å². The fourth-order valence-corrected chi connectivity index (χ4v) is 6.87. The van der Waals surface area contributed by atoms with Gasteiger partial charge in [-0.05, 0) is 26.3 Å². The Labute approximate surface area is 134 Å². The van der Waals surface area contributed by atoms with Crippen LogP contribution in [0.2, 0.25) is 0 Å². The van der Waals surface area contributed by atoms with Crippen LogP contribution in [0.4, 0.5) is 0 Å². The van der Waals surface area contributed by atoms with Gasteiger partial charge in [-0.3, -0.25) is 9.13 Å². The summed E-state index contributed by atoms with van der Waals surface area (Å²) in [6, 6.07) is 0. The van der Waals surface area contributed by atoms with Gasteiger partial charge in [0.05, 0.1) is 6.61 Å². The first-order valence-electron chi connectivity index (χ1n) is 8.30. The molecule has 0 saturated heterocycles. The molecule has 0 unspecified atom stereocenters. The van der Waals surface area contributed by atoms with Crippen molar-refractivity contribution in [1.29, 1.82) is 0 Å². The molecule has 0 aliphatic rings. The highest BCUT2D eigenvalue weighted by Crippen LogP contribution is 2.58. The Hall–Kier alpha value is 0.300. The van der Waals surface area contributed by atoms with Crippen molar-refractivity contribution in [2.45, 2.75) is 64.7 Å². The maximum Gasteiger partial charge on any atom is 0.335 e. The molecule has 0 rings (SSSR count). The molecular formula is C14H33NO5P2. The van der Waals surface area contributed by atoms with Gasteiger partial charge >= 0.3 is 7.60 Å². The molecule has 1 atom stereocenters. The van der Waals surface area contributed by atoms with E-state index in [-0.39, 0.29) is 12.8 Å². The van der Waals surface area contributed by atoms with E-state index in [2.05, 4.69) is 0 Å². The fourth-order valence-electron chi connectivity index (χ4n) is 2.43. The quantitative estimate of drug-likeness (QED) is 0.303. The van der Waals surface area contributed by atoms with Gasteiger partial charge in [0.15, 0.2) is 0 Å². The highest BCUT2D eigenvalue weighted by atomic mass is 31.2. The third-order valence-electron chi connectivity index (χ3n) is 3.47. The molecule has 0 fully saturated rings. The number of unbranched alkanes of at least 4 members (excludes halogenated alkanes) is 8. The van der Waals surface area contributed by atoms with Crippen molar-refractivity contribution in [1.82, 2.24) is 0 Å². The third kappa shape index (κ3) is 13.9. The van der Waals surface area contributed by atoms with Crippen molar-refractivity contribution in [2.75, 3.05) is 25.2 Å². The second kappa shape index (κ2) is 12.7. The van der Waals surface area contributed by atoms with E-state index in [1.165, 1.54) is 25.7 Å². The van der Waals surface area contributed by atoms with Crippen LogP contribution in [0.15, 0.2) is 0 Å². The van der Waals surface area contributed by atoms with E-state index in [1.807, 2.05) is 0 Å². The standard InChI is InChI=1S/C14H33NO5P2/c1-2-20-21(16,14-22(17,18)19)13-11-9-7-5-3-4-6-8-10-12-15/h2-15H2,1H3,(H2,17,18,19)/t21-/m0/s1. The number of rotatable bonds is 15. The third-order valence-corrected chi connectivity index (χ3v) is 8.39. The normalized spacial score (nSPS) is 14.9. The van der Waals surface area contributed by atoms with E-state index in [0.717, 1.165) is 32.2 Å². The first kappa shape index (κ1) is 22.3. The van der Waals surface area contributed by atoms with Crippen LogP contribution in [0, 0.1) is 0 Å². The van der Waals surface area contributed by atoms with Crippen molar-refractivity contribution < 1.29 is 23.4 Å². The van der Waals surface area contributed by atoms with Gasteiger partial charge in [0.25, 0.3) is 0 Å². The van der Waals surface area contributed by atoms with Crippen molar-refractivity contribution in [3.63, 3.8) is 0 Å². The number of hydrogen-bond donors (Lipinski definition) is 3. The lowest BCUT2D eigenvalue weighted by molar-refractivity contribution is 0.329. The van der Waals surface area contributed by atoms with Crippen LogP contribution in [0.1, 0.15) is 64.7 Å². The minimum Gasteiger partial charge on any atom is -0.330 e. The Morgan fingerprint density at radius 1 is 0.864 bits per heavy atom. The van der Waals surface area contributed by atoms with Crippen LogP contribution < -0.4 is 5.73 Å². The summed E-state index contributed by atoms with van der Waals surface area (Å²) in [4.78, 5) is 18.0. The van der Waals surface area contributed by atoms with E-state index in [1.54, 1.807) is 6.92 Å². The summed E-state index contributed by atoms with van der Waals surface area (Å²) in [7, 11) is -7.48. The lowest BCUT2D eigenvalue weighted by Crippen LogP contribution is -2.01. The predicted molar refractivity (Wildman–Crippen MR) is 91.6 cm³/mol. The molecule has 0 aliphatic carbocycles. The molecule has 6 nitrogen and oxygen atoms in total. The molecule has 22 heavy (non-hydrogen) atoms. The van der Waals surface area contributed by atoms with Crippen LogP contribution >= 0.6 is 15.0 Å². The zero-order chi connectivity index (χ0) is 16.9. The highest BCUT2D eigenvalue weighted by molar-refractivity contribution is 7.73. The van der Waals surface area contributed by atoms with Gasteiger partial charge < -0.3 is 20.0 Å². The molecule has 0 aromatic heterocycles. The summed E-state index contributed by atoms with van der Waals surface area (Å²) >= 11 is 0. The van der Waals surface area contributed by atoms with E-state index < -0.39 is 20.9 Å². The van der Waals surface area contributed by atoms with Gasteiger partial charge in [-0.1, -0.05) is 44.9 Å². The second-order valence-electron chi connectivity index (χ2n) is 5.73. The molecule has 0 radical (unpaired) electrons. The summed E-state index contributed by atoms with van der Waals surface area (Å²) in [6.07, 6.45) is 10.1. The Balaban J connectivity index is 3.73. The van der Waals surface area contributed by atoms with Gasteiger partial charge in [0.1, 0.15) is 5.90 Å². The molecule has 0 aliphatic heterocycles. The van der Waals surface area contributed by atoms with Crippen LogP contribution in [0.25, 0.3) is 0 Å². The first-order chi connectivity index (χ1) is 10.3. The lowest BCUT2D eigenvalue weighted by Gasteiger charge is -2.18. The van der Waals surface area contributed by atoms with Crippen molar-refractivity contribution in [3.8, 4) is 0 Å².